The Balaban J connectivity index is 0.000000115. The van der Waals surface area contributed by atoms with Crippen LogP contribution in [0.3, 0.4) is 0 Å². The number of carbonyl (C=O) groups is 1. The van der Waals surface area contributed by atoms with Gasteiger partial charge in [0.25, 0.3) is 34.8 Å². The Morgan fingerprint density at radius 2 is 0.715 bits per heavy atom. The number of benzene rings is 18. The van der Waals surface area contributed by atoms with Gasteiger partial charge in [0.05, 0.1) is 52.7 Å². The molecule has 0 spiro atoms. The van der Waals surface area contributed by atoms with Crippen LogP contribution in [0.1, 0.15) is 10.4 Å². The van der Waals surface area contributed by atoms with Crippen LogP contribution in [-0.4, -0.2) is 64.3 Å². The molecule has 0 fully saturated rings. The molecule has 0 aliphatic heterocycles. The number of nitrogens with one attached hydrogen (secondary N) is 1. The van der Waals surface area contributed by atoms with E-state index in [1.54, 1.807) is 72.8 Å². The molecule has 604 valence electrons. The van der Waals surface area contributed by atoms with Gasteiger partial charge in [0.15, 0.2) is 17.9 Å². The van der Waals surface area contributed by atoms with E-state index < -0.39 is 34.0 Å². The Bertz CT molecular complexity index is 7990. The van der Waals surface area contributed by atoms with E-state index in [1.165, 1.54) is 43.0 Å². The molecular weight excluding hydrogens is 1710 g/mol. The Hall–Kier alpha value is -13.6. The van der Waals surface area contributed by atoms with Gasteiger partial charge >= 0.3 is 0 Å². The van der Waals surface area contributed by atoms with Crippen molar-refractivity contribution < 1.29 is 35.0 Å². The first-order valence-electron chi connectivity index (χ1n) is 38.0. The second-order valence-electron chi connectivity index (χ2n) is 28.1. The summed E-state index contributed by atoms with van der Waals surface area (Å²) in [6.07, 6.45) is 0.891. The van der Waals surface area contributed by atoms with Gasteiger partial charge in [-0.15, -0.1) is 0 Å². The minimum Gasteiger partial charge on any atom is -0.393 e. The molecule has 0 aliphatic rings. The molecule has 0 saturated carbocycles. The van der Waals surface area contributed by atoms with Gasteiger partial charge in [0.1, 0.15) is 11.5 Å². The smallest absolute Gasteiger partial charge is 0.293 e. The lowest BCUT2D eigenvalue weighted by Crippen LogP contribution is -2.14. The summed E-state index contributed by atoms with van der Waals surface area (Å²) in [6.45, 7) is 0. The van der Waals surface area contributed by atoms with Crippen molar-refractivity contribution in [3.63, 3.8) is 0 Å². The number of fused-ring (bicyclic) bond motifs is 10. The number of anilines is 1. The number of nitro groups is 1. The number of H-pyrrole nitrogens is 1. The van der Waals surface area contributed by atoms with Crippen LogP contribution in [0.4, 0.5) is 11.4 Å². The number of hydrogen-bond donors (Lipinski definition) is 2. The number of carbonyl (C=O) groups excluding carboxylic acids is 1. The third-order valence-corrected chi connectivity index (χ3v) is 26.1. The lowest BCUT2D eigenvalue weighted by atomic mass is 10.0. The van der Waals surface area contributed by atoms with Gasteiger partial charge < -0.3 is 10.7 Å². The number of aromatic nitrogens is 6. The lowest BCUT2D eigenvalue weighted by Gasteiger charge is -2.13. The molecule has 0 radical (unpaired) electrons. The van der Waals surface area contributed by atoms with E-state index in [0.29, 0.717) is 53.8 Å². The number of aldehydes is 1. The molecule has 21 aromatic rings. The van der Waals surface area contributed by atoms with Gasteiger partial charge in [-0.1, -0.05) is 307 Å². The maximum atomic E-state index is 14.1. The topological polar surface area (TPSA) is 253 Å². The Morgan fingerprint density at radius 1 is 0.341 bits per heavy atom. The van der Waals surface area contributed by atoms with Crippen LogP contribution in [0.5, 0.6) is 0 Å². The standard InChI is InChI=1S/2C27H17ClN2O2S.C17H11ClN2.C11H8O.C10H7ClO2S.C6H5ClN2O2/c28-21-13-15-26-25(17-21)29-27(24-11-5-9-19-7-3-4-10-23(19)24)30(26)33(31,32)22-14-12-18-6-1-2-8-20(18)16-22;28-21-13-15-25-26(17-21)30(27(29-25)24-11-5-9-19-7-3-4-10-23(19)24)33(31,32)22-14-12-18-6-1-2-8-20(18)16-22;18-12-8-9-15-16(10-12)20-17(19-15)14-7-3-5-11-4-1-2-6-13(11)14;12-8-10-6-3-5-9-4-1-2-7-11(9)10;11-14(12,13)10-6-5-8-3-1-2-4-9(8)7-10;7-4-1-2-5(8)6(3-4)9(10)11/h2*1-17H;1-10H,(H,19,20);1-8H;1-7H;1-3H,8H2. The number of halogens is 5. The number of aromatic amines is 1. The van der Waals surface area contributed by atoms with Crippen LogP contribution in [-0.2, 0) is 29.1 Å². The number of nitrogens with two attached hydrogens (primary N) is 1. The van der Waals surface area contributed by atoms with Crippen molar-refractivity contribution >= 4 is 212 Å². The van der Waals surface area contributed by atoms with Crippen molar-refractivity contribution in [2.75, 3.05) is 5.73 Å². The van der Waals surface area contributed by atoms with Crippen molar-refractivity contribution in [2.24, 2.45) is 0 Å². The molecule has 3 aromatic heterocycles. The molecule has 21 rings (SSSR count). The molecule has 3 N–H and O–H groups in total. The average Bonchev–Trinajstić information content (AvgIpc) is 1.59. The molecule has 0 atom stereocenters. The van der Waals surface area contributed by atoms with Crippen LogP contribution >= 0.6 is 57.1 Å². The van der Waals surface area contributed by atoms with Gasteiger partial charge in [-0.3, -0.25) is 14.9 Å². The molecule has 0 aliphatic carbocycles. The van der Waals surface area contributed by atoms with Crippen molar-refractivity contribution in [3.8, 4) is 34.2 Å². The van der Waals surface area contributed by atoms with Gasteiger partial charge in [-0.05, 0) is 179 Å². The second kappa shape index (κ2) is 35.6. The molecule has 25 heteroatoms. The Labute approximate surface area is 729 Å². The normalized spacial score (nSPS) is 11.5. The second-order valence-corrected chi connectivity index (χ2v) is 36.0. The molecule has 18 aromatic carbocycles. The summed E-state index contributed by atoms with van der Waals surface area (Å²) in [5.74, 6) is 1.59. The van der Waals surface area contributed by atoms with Gasteiger partial charge in [0.2, 0.25) is 0 Å². The fourth-order valence-electron chi connectivity index (χ4n) is 14.5. The third-order valence-electron chi connectivity index (χ3n) is 20.4. The fraction of sp³-hybridized carbons (Fsp3) is 0. The van der Waals surface area contributed by atoms with Crippen LogP contribution in [0, 0.1) is 10.1 Å². The number of rotatable bonds is 10. The zero-order valence-electron chi connectivity index (χ0n) is 64.3. The first-order chi connectivity index (χ1) is 59.4. The number of nitro benzene ring substituents is 1. The van der Waals surface area contributed by atoms with E-state index >= 15 is 0 Å². The molecule has 17 nitrogen and oxygen atoms in total. The third kappa shape index (κ3) is 17.8. The highest BCUT2D eigenvalue weighted by Crippen LogP contribution is 2.39. The summed E-state index contributed by atoms with van der Waals surface area (Å²) in [5.41, 5.74) is 12.5. The number of hydrogen-bond acceptors (Lipinski definition) is 13. The Kier molecular flexibility index (Phi) is 24.0. The van der Waals surface area contributed by atoms with Crippen LogP contribution in [0.25, 0.3) is 143 Å². The first kappa shape index (κ1) is 83.0. The SMILES string of the molecule is Clc1ccc2nc(-c3cccc4ccccc34)[nH]c2c1.Nc1ccc(Cl)cc1[N+](=O)[O-].O=Cc1cccc2ccccc12.O=S(=O)(Cl)c1ccc2ccccc2c1.O=S(=O)(c1ccc2ccccc2c1)n1c(-c2cccc3ccccc23)nc2cc(Cl)ccc21.O=S(=O)(c1ccc2ccccc2c1)n1c(-c2cccc3ccccc23)nc2ccc(Cl)cc21. The minimum absolute atomic E-state index is 0.124. The predicted octanol–water partition coefficient (Wildman–Crippen LogP) is 26.1. The van der Waals surface area contributed by atoms with Gasteiger partial charge in [-0.2, -0.15) is 0 Å². The quantitative estimate of drug-likeness (QED) is 0.0425. The first-order valence-corrected chi connectivity index (χ1v) is 44.7. The lowest BCUT2D eigenvalue weighted by molar-refractivity contribution is -0.383. The highest BCUT2D eigenvalue weighted by molar-refractivity contribution is 8.13. The minimum atomic E-state index is -3.98. The number of nitrogen functional groups attached to an aromatic ring is 1. The highest BCUT2D eigenvalue weighted by atomic mass is 35.7. The highest BCUT2D eigenvalue weighted by Gasteiger charge is 2.29. The van der Waals surface area contributed by atoms with E-state index in [0.717, 1.165) is 110 Å². The largest absolute Gasteiger partial charge is 0.393 e. The predicted molar refractivity (Wildman–Crippen MR) is 501 cm³/mol. The monoisotopic (exact) mass is 1770 g/mol. The molecule has 0 saturated heterocycles. The van der Waals surface area contributed by atoms with E-state index in [4.69, 9.17) is 72.8 Å². The fourth-order valence-corrected chi connectivity index (χ4v) is 18.9. The Morgan fingerprint density at radius 3 is 1.21 bits per heavy atom. The summed E-state index contributed by atoms with van der Waals surface area (Å²) >= 11 is 24.0. The summed E-state index contributed by atoms with van der Waals surface area (Å²) < 4.78 is 81.0. The summed E-state index contributed by atoms with van der Waals surface area (Å²) in [7, 11) is -6.34. The summed E-state index contributed by atoms with van der Waals surface area (Å²) in [4.78, 5) is 38.3. The van der Waals surface area contributed by atoms with E-state index in [-0.39, 0.29) is 26.1 Å². The van der Waals surface area contributed by atoms with Crippen molar-refractivity contribution in [1.29, 1.82) is 0 Å². The average molecular weight is 1770 g/mol. The van der Waals surface area contributed by atoms with Crippen LogP contribution in [0.15, 0.2) is 385 Å². The van der Waals surface area contributed by atoms with Crippen LogP contribution < -0.4 is 5.73 Å². The maximum absolute atomic E-state index is 14.1. The van der Waals surface area contributed by atoms with Crippen molar-refractivity contribution in [3.05, 3.63) is 406 Å². The van der Waals surface area contributed by atoms with Gasteiger partial charge in [0, 0.05) is 59.1 Å². The van der Waals surface area contributed by atoms with Crippen LogP contribution in [0.2, 0.25) is 20.1 Å². The number of nitrogens with zero attached hydrogens (tertiary/aromatic N) is 6. The number of imidazole rings is 3. The van der Waals surface area contributed by atoms with Crippen molar-refractivity contribution in [2.45, 2.75) is 14.7 Å². The van der Waals surface area contributed by atoms with E-state index in [2.05, 4.69) is 40.3 Å². The summed E-state index contributed by atoms with van der Waals surface area (Å²) in [5, 5.41) is 26.2. The molecule has 0 unspecified atom stereocenters. The summed E-state index contributed by atoms with van der Waals surface area (Å²) in [6, 6.07) is 114. The van der Waals surface area contributed by atoms with Crippen molar-refractivity contribution in [1.82, 2.24) is 27.9 Å². The molecule has 3 heterocycles. The zero-order chi connectivity index (χ0) is 85.7. The molecule has 0 amide bonds. The molecule has 123 heavy (non-hydrogen) atoms. The van der Waals surface area contributed by atoms with E-state index in [1.807, 2.05) is 243 Å². The van der Waals surface area contributed by atoms with E-state index in [9.17, 15) is 40.2 Å². The molecule has 0 bridgehead atoms. The maximum Gasteiger partial charge on any atom is 0.293 e. The zero-order valence-corrected chi connectivity index (χ0v) is 70.6. The molecular formula is C98H65Cl5N8O9S3. The van der Waals surface area contributed by atoms with Gasteiger partial charge in [-0.25, -0.2) is 48.2 Å².